The number of hydrogen-bond acceptors (Lipinski definition) is 3. The average Bonchev–Trinajstić information content (AvgIpc) is 3.24. The van der Waals surface area contributed by atoms with Gasteiger partial charge in [-0.1, -0.05) is 33.1 Å². The van der Waals surface area contributed by atoms with E-state index in [0.29, 0.717) is 12.6 Å². The summed E-state index contributed by atoms with van der Waals surface area (Å²) in [6.07, 6.45) is 8.43. The number of hydrogen-bond donors (Lipinski definition) is 2. The number of nitrogens with one attached hydrogen (secondary N) is 2. The van der Waals surface area contributed by atoms with Gasteiger partial charge in [0.1, 0.15) is 0 Å². The fourth-order valence-electron chi connectivity index (χ4n) is 2.38. The molecule has 1 atom stereocenters. The van der Waals surface area contributed by atoms with E-state index in [2.05, 4.69) is 23.9 Å². The summed E-state index contributed by atoms with van der Waals surface area (Å²) in [5, 5.41) is 3.41. The molecule has 1 fully saturated rings. The summed E-state index contributed by atoms with van der Waals surface area (Å²) >= 11 is 0. The lowest BCUT2D eigenvalue weighted by Crippen LogP contribution is -2.44. The minimum Gasteiger partial charge on any atom is -0.314 e. The largest absolute Gasteiger partial charge is 0.314 e. The predicted octanol–water partition coefficient (Wildman–Crippen LogP) is 2.25. The van der Waals surface area contributed by atoms with Crippen LogP contribution in [0.4, 0.5) is 0 Å². The van der Waals surface area contributed by atoms with Crippen molar-refractivity contribution in [3.63, 3.8) is 0 Å². The fraction of sp³-hybridized carbons (Fsp3) is 1.00. The third-order valence-corrected chi connectivity index (χ3v) is 5.56. The van der Waals surface area contributed by atoms with Gasteiger partial charge in [0, 0.05) is 25.7 Å². The minimum absolute atomic E-state index is 0.0759. The molecule has 5 nitrogen and oxygen atoms in total. The van der Waals surface area contributed by atoms with Crippen LogP contribution in [0.5, 0.6) is 0 Å². The summed E-state index contributed by atoms with van der Waals surface area (Å²) < 4.78 is 29.0. The number of rotatable bonds is 13. The number of unbranched alkanes of at least 4 members (excludes halogenated alkanes) is 1. The van der Waals surface area contributed by atoms with Gasteiger partial charge in [-0.3, -0.25) is 0 Å². The van der Waals surface area contributed by atoms with Gasteiger partial charge in [-0.15, -0.1) is 0 Å². The maximum absolute atomic E-state index is 12.3. The molecule has 0 aromatic heterocycles. The first-order chi connectivity index (χ1) is 9.99. The quantitative estimate of drug-likeness (QED) is 0.512. The van der Waals surface area contributed by atoms with Crippen LogP contribution in [0.15, 0.2) is 0 Å². The van der Waals surface area contributed by atoms with E-state index < -0.39 is 10.2 Å². The monoisotopic (exact) mass is 319 g/mol. The smallest absolute Gasteiger partial charge is 0.279 e. The number of nitrogens with zero attached hydrogens (tertiary/aromatic N) is 1. The minimum atomic E-state index is -3.34. The van der Waals surface area contributed by atoms with Gasteiger partial charge in [0.15, 0.2) is 0 Å². The highest BCUT2D eigenvalue weighted by Crippen LogP contribution is 2.18. The van der Waals surface area contributed by atoms with Crippen LogP contribution in [-0.2, 0) is 10.2 Å². The third kappa shape index (κ3) is 8.14. The molecule has 2 N–H and O–H groups in total. The molecule has 1 aliphatic rings. The van der Waals surface area contributed by atoms with Crippen molar-refractivity contribution in [3.05, 3.63) is 0 Å². The van der Waals surface area contributed by atoms with Crippen LogP contribution in [-0.4, -0.2) is 44.9 Å². The first-order valence-electron chi connectivity index (χ1n) is 8.46. The predicted molar refractivity (Wildman–Crippen MR) is 88.5 cm³/mol. The molecule has 0 aliphatic heterocycles. The zero-order chi connectivity index (χ0) is 15.7. The summed E-state index contributed by atoms with van der Waals surface area (Å²) in [4.78, 5) is 0. The maximum Gasteiger partial charge on any atom is 0.279 e. The molecule has 0 heterocycles. The fourth-order valence-corrected chi connectivity index (χ4v) is 3.58. The molecule has 0 aromatic carbocycles. The Morgan fingerprint density at radius 1 is 1.14 bits per heavy atom. The highest BCUT2D eigenvalue weighted by atomic mass is 32.2. The standard InChI is InChI=1S/C15H33N3O2S/c1-4-6-9-15(8-5-2)17-21(19,20)18(3)13-7-12-16-14-10-11-14/h14-17H,4-13H2,1-3H3. The lowest BCUT2D eigenvalue weighted by Gasteiger charge is -2.23. The van der Waals surface area contributed by atoms with Gasteiger partial charge in [-0.25, -0.2) is 0 Å². The molecule has 1 aliphatic carbocycles. The van der Waals surface area contributed by atoms with Crippen LogP contribution in [0.3, 0.4) is 0 Å². The van der Waals surface area contributed by atoms with Crippen LogP contribution in [0.25, 0.3) is 0 Å². The maximum atomic E-state index is 12.3. The summed E-state index contributed by atoms with van der Waals surface area (Å²) in [5.74, 6) is 0. The molecule has 1 unspecified atom stereocenters. The van der Waals surface area contributed by atoms with Crippen molar-refractivity contribution in [3.8, 4) is 0 Å². The van der Waals surface area contributed by atoms with Gasteiger partial charge in [-0.05, 0) is 38.6 Å². The van der Waals surface area contributed by atoms with Crippen molar-refractivity contribution >= 4 is 10.2 Å². The Kier molecular flexibility index (Phi) is 8.78. The van der Waals surface area contributed by atoms with Gasteiger partial charge in [0.05, 0.1) is 0 Å². The molecular formula is C15H33N3O2S. The van der Waals surface area contributed by atoms with Gasteiger partial charge < -0.3 is 5.32 Å². The van der Waals surface area contributed by atoms with Crippen molar-refractivity contribution in [1.29, 1.82) is 0 Å². The van der Waals surface area contributed by atoms with Crippen molar-refractivity contribution in [2.45, 2.75) is 77.3 Å². The Morgan fingerprint density at radius 2 is 1.86 bits per heavy atom. The van der Waals surface area contributed by atoms with E-state index in [-0.39, 0.29) is 6.04 Å². The van der Waals surface area contributed by atoms with E-state index >= 15 is 0 Å². The third-order valence-electron chi connectivity index (χ3n) is 3.93. The SMILES string of the molecule is CCCCC(CCC)NS(=O)(=O)N(C)CCCNC1CC1. The average molecular weight is 320 g/mol. The lowest BCUT2D eigenvalue weighted by molar-refractivity contribution is 0.420. The molecule has 1 saturated carbocycles. The van der Waals surface area contributed by atoms with Gasteiger partial charge >= 0.3 is 0 Å². The molecule has 0 saturated heterocycles. The Balaban J connectivity index is 2.32. The summed E-state index contributed by atoms with van der Waals surface area (Å²) in [6.45, 7) is 5.71. The summed E-state index contributed by atoms with van der Waals surface area (Å²) in [7, 11) is -1.67. The van der Waals surface area contributed by atoms with Crippen molar-refractivity contribution < 1.29 is 8.42 Å². The molecule has 1 rings (SSSR count). The second-order valence-electron chi connectivity index (χ2n) is 6.15. The molecule has 126 valence electrons. The van der Waals surface area contributed by atoms with E-state index in [1.165, 1.54) is 17.1 Å². The molecule has 0 aromatic rings. The molecular weight excluding hydrogens is 286 g/mol. The van der Waals surface area contributed by atoms with Crippen LogP contribution < -0.4 is 10.0 Å². The van der Waals surface area contributed by atoms with E-state index in [1.54, 1.807) is 7.05 Å². The summed E-state index contributed by atoms with van der Waals surface area (Å²) in [6, 6.07) is 0.764. The topological polar surface area (TPSA) is 61.4 Å². The second kappa shape index (κ2) is 9.77. The van der Waals surface area contributed by atoms with Gasteiger partial charge in [0.25, 0.3) is 10.2 Å². The summed E-state index contributed by atoms with van der Waals surface area (Å²) in [5.41, 5.74) is 0. The molecule has 21 heavy (non-hydrogen) atoms. The Morgan fingerprint density at radius 3 is 2.43 bits per heavy atom. The highest BCUT2D eigenvalue weighted by molar-refractivity contribution is 7.87. The van der Waals surface area contributed by atoms with Crippen molar-refractivity contribution in [2.75, 3.05) is 20.1 Å². The van der Waals surface area contributed by atoms with Gasteiger partial charge in [0.2, 0.25) is 0 Å². The second-order valence-corrected chi connectivity index (χ2v) is 7.96. The highest BCUT2D eigenvalue weighted by Gasteiger charge is 2.22. The lowest BCUT2D eigenvalue weighted by atomic mass is 10.1. The first-order valence-corrected chi connectivity index (χ1v) is 9.90. The van der Waals surface area contributed by atoms with E-state index in [4.69, 9.17) is 0 Å². The zero-order valence-electron chi connectivity index (χ0n) is 13.9. The van der Waals surface area contributed by atoms with Crippen molar-refractivity contribution in [2.24, 2.45) is 0 Å². The normalized spacial score (nSPS) is 17.3. The van der Waals surface area contributed by atoms with E-state index in [1.807, 2.05) is 0 Å². The molecule has 0 radical (unpaired) electrons. The van der Waals surface area contributed by atoms with E-state index in [0.717, 1.165) is 45.1 Å². The molecule has 0 amide bonds. The van der Waals surface area contributed by atoms with Crippen LogP contribution in [0.1, 0.15) is 65.2 Å². The van der Waals surface area contributed by atoms with E-state index in [9.17, 15) is 8.42 Å². The molecule has 6 heteroatoms. The first kappa shape index (κ1) is 18.9. The Hall–Kier alpha value is -0.170. The van der Waals surface area contributed by atoms with Gasteiger partial charge in [-0.2, -0.15) is 17.4 Å². The van der Waals surface area contributed by atoms with Crippen LogP contribution in [0.2, 0.25) is 0 Å². The Labute approximate surface area is 131 Å². The zero-order valence-corrected chi connectivity index (χ0v) is 14.7. The van der Waals surface area contributed by atoms with Crippen LogP contribution in [0, 0.1) is 0 Å². The molecule has 0 bridgehead atoms. The van der Waals surface area contributed by atoms with Crippen LogP contribution >= 0.6 is 0 Å². The van der Waals surface area contributed by atoms with Crippen molar-refractivity contribution in [1.82, 2.24) is 14.3 Å². The Bertz CT molecular complexity index is 369. The molecule has 0 spiro atoms.